The van der Waals surface area contributed by atoms with Gasteiger partial charge in [-0.3, -0.25) is 4.79 Å². The van der Waals surface area contributed by atoms with E-state index in [-0.39, 0.29) is 43.0 Å². The van der Waals surface area contributed by atoms with Crippen LogP contribution in [0.25, 0.3) is 0 Å². The molecule has 0 fully saturated rings. The Morgan fingerprint density at radius 1 is 1.24 bits per heavy atom. The van der Waals surface area contributed by atoms with Crippen molar-refractivity contribution in [2.75, 3.05) is 6.54 Å². The van der Waals surface area contributed by atoms with Crippen LogP contribution < -0.4 is 5.73 Å². The van der Waals surface area contributed by atoms with Gasteiger partial charge in [-0.2, -0.15) is 13.2 Å². The average molecular weight is 433 g/mol. The van der Waals surface area contributed by atoms with Gasteiger partial charge in [-0.05, 0) is 23.3 Å². The number of rotatable bonds is 3. The molecule has 1 amide bonds. The van der Waals surface area contributed by atoms with Gasteiger partial charge in [-0.15, -0.1) is 22.0 Å². The topological polar surface area (TPSA) is 77.0 Å². The SMILES string of the molecule is NC(CC(=O)N1CCn2c(nnc2C(F)(F)F)C1)C1SCc2cc(F)c(F)cc21. The highest BCUT2D eigenvalue weighted by Crippen LogP contribution is 2.44. The highest BCUT2D eigenvalue weighted by atomic mass is 32.2. The van der Waals surface area contributed by atoms with E-state index in [2.05, 4.69) is 10.2 Å². The summed E-state index contributed by atoms with van der Waals surface area (Å²) in [5, 5.41) is 6.36. The largest absolute Gasteiger partial charge is 0.451 e. The quantitative estimate of drug-likeness (QED) is 0.754. The normalized spacial score (nSPS) is 19.8. The summed E-state index contributed by atoms with van der Waals surface area (Å²) in [7, 11) is 0. The lowest BCUT2D eigenvalue weighted by molar-refractivity contribution is -0.148. The third-order valence-corrected chi connectivity index (χ3v) is 6.51. The van der Waals surface area contributed by atoms with Crippen LogP contribution in [-0.4, -0.2) is 38.2 Å². The summed E-state index contributed by atoms with van der Waals surface area (Å²) < 4.78 is 66.7. The first-order chi connectivity index (χ1) is 13.6. The molecule has 1 aromatic carbocycles. The Morgan fingerprint density at radius 3 is 2.69 bits per heavy atom. The number of halogens is 5. The van der Waals surface area contributed by atoms with Crippen LogP contribution in [0.3, 0.4) is 0 Å². The van der Waals surface area contributed by atoms with Crippen LogP contribution in [0.1, 0.15) is 34.4 Å². The molecule has 1 aromatic heterocycles. The van der Waals surface area contributed by atoms with E-state index in [9.17, 15) is 26.7 Å². The zero-order valence-electron chi connectivity index (χ0n) is 14.9. The van der Waals surface area contributed by atoms with Crippen molar-refractivity contribution < 1.29 is 26.7 Å². The minimum Gasteiger partial charge on any atom is -0.333 e. The summed E-state index contributed by atoms with van der Waals surface area (Å²) in [5.74, 6) is -2.78. The molecule has 0 aliphatic carbocycles. The number of aromatic nitrogens is 3. The van der Waals surface area contributed by atoms with E-state index >= 15 is 0 Å². The zero-order valence-corrected chi connectivity index (χ0v) is 15.7. The Morgan fingerprint density at radius 2 is 1.97 bits per heavy atom. The van der Waals surface area contributed by atoms with Crippen LogP contribution in [0, 0.1) is 11.6 Å². The van der Waals surface area contributed by atoms with Gasteiger partial charge in [0, 0.05) is 36.6 Å². The molecule has 2 aliphatic rings. The second kappa shape index (κ2) is 7.24. The number of carbonyl (C=O) groups excluding carboxylic acids is 1. The summed E-state index contributed by atoms with van der Waals surface area (Å²) in [6.45, 7) is -0.0829. The number of nitrogens with zero attached hydrogens (tertiary/aromatic N) is 4. The Labute approximate surface area is 166 Å². The lowest BCUT2D eigenvalue weighted by Crippen LogP contribution is -2.42. The number of benzene rings is 1. The highest BCUT2D eigenvalue weighted by molar-refractivity contribution is 7.99. The monoisotopic (exact) mass is 433 g/mol. The summed E-state index contributed by atoms with van der Waals surface area (Å²) in [4.78, 5) is 14.0. The van der Waals surface area contributed by atoms with E-state index in [4.69, 9.17) is 5.73 Å². The maximum absolute atomic E-state index is 13.6. The lowest BCUT2D eigenvalue weighted by atomic mass is 9.98. The number of thioether (sulfide) groups is 1. The predicted octanol–water partition coefficient (Wildman–Crippen LogP) is 2.62. The molecule has 0 spiro atoms. The van der Waals surface area contributed by atoms with Crippen molar-refractivity contribution in [3.63, 3.8) is 0 Å². The smallest absolute Gasteiger partial charge is 0.333 e. The summed E-state index contributed by atoms with van der Waals surface area (Å²) in [6.07, 6.45) is -4.68. The molecule has 156 valence electrons. The fourth-order valence-corrected chi connectivity index (χ4v) is 4.99. The Hall–Kier alpha value is -2.21. The second-order valence-electron chi connectivity index (χ2n) is 6.97. The minimum absolute atomic E-state index is 0.0589. The number of hydrogen-bond acceptors (Lipinski definition) is 5. The molecule has 0 saturated heterocycles. The third kappa shape index (κ3) is 3.70. The number of fused-ring (bicyclic) bond motifs is 2. The van der Waals surface area contributed by atoms with E-state index in [1.165, 1.54) is 16.7 Å². The molecular weight excluding hydrogens is 417 g/mol. The van der Waals surface area contributed by atoms with E-state index in [1.54, 1.807) is 0 Å². The Bertz CT molecular complexity index is 962. The molecule has 2 aromatic rings. The molecule has 2 N–H and O–H groups in total. The number of amides is 1. The van der Waals surface area contributed by atoms with Crippen LogP contribution in [0.4, 0.5) is 22.0 Å². The average Bonchev–Trinajstić information content (AvgIpc) is 3.25. The molecule has 6 nitrogen and oxygen atoms in total. The minimum atomic E-state index is -4.61. The van der Waals surface area contributed by atoms with E-state index in [1.807, 2.05) is 0 Å². The van der Waals surface area contributed by atoms with Gasteiger partial charge < -0.3 is 15.2 Å². The Kier molecular flexibility index (Phi) is 5.01. The van der Waals surface area contributed by atoms with Crippen molar-refractivity contribution in [2.45, 2.75) is 42.7 Å². The highest BCUT2D eigenvalue weighted by Gasteiger charge is 2.40. The number of nitrogens with two attached hydrogens (primary N) is 1. The van der Waals surface area contributed by atoms with Gasteiger partial charge in [-0.1, -0.05) is 0 Å². The molecule has 4 rings (SSSR count). The van der Waals surface area contributed by atoms with Crippen LogP contribution >= 0.6 is 11.8 Å². The standard InChI is InChI=1S/C17H16F5N5OS/c18-10-3-8-7-29-15(9(8)4-11(10)19)12(23)5-14(28)26-1-2-27-13(6-26)24-25-16(27)17(20,21)22/h3-4,12,15H,1-2,5-7,23H2. The molecular formula is C17H16F5N5OS. The number of hydrogen-bond donors (Lipinski definition) is 1. The lowest BCUT2D eigenvalue weighted by Gasteiger charge is -2.29. The van der Waals surface area contributed by atoms with E-state index < -0.39 is 29.7 Å². The van der Waals surface area contributed by atoms with Crippen molar-refractivity contribution >= 4 is 17.7 Å². The second-order valence-corrected chi connectivity index (χ2v) is 8.10. The first kappa shape index (κ1) is 20.1. The maximum Gasteiger partial charge on any atom is 0.451 e. The molecule has 0 bridgehead atoms. The molecule has 2 atom stereocenters. The molecule has 29 heavy (non-hydrogen) atoms. The van der Waals surface area contributed by atoms with Crippen LogP contribution in [0.15, 0.2) is 12.1 Å². The van der Waals surface area contributed by atoms with Crippen molar-refractivity contribution in [3.05, 3.63) is 46.5 Å². The van der Waals surface area contributed by atoms with Crippen LogP contribution in [0.5, 0.6) is 0 Å². The van der Waals surface area contributed by atoms with Gasteiger partial charge in [0.1, 0.15) is 0 Å². The molecule has 12 heteroatoms. The maximum atomic E-state index is 13.6. The van der Waals surface area contributed by atoms with Crippen molar-refractivity contribution in [1.29, 1.82) is 0 Å². The van der Waals surface area contributed by atoms with Crippen molar-refractivity contribution in [2.24, 2.45) is 5.73 Å². The Balaban J connectivity index is 1.44. The third-order valence-electron chi connectivity index (χ3n) is 5.07. The first-order valence-electron chi connectivity index (χ1n) is 8.77. The predicted molar refractivity (Wildman–Crippen MR) is 93.4 cm³/mol. The van der Waals surface area contributed by atoms with Crippen LogP contribution in [0.2, 0.25) is 0 Å². The molecule has 3 heterocycles. The van der Waals surface area contributed by atoms with Gasteiger partial charge in [-0.25, -0.2) is 8.78 Å². The molecule has 2 aliphatic heterocycles. The van der Waals surface area contributed by atoms with E-state index in [0.29, 0.717) is 16.9 Å². The van der Waals surface area contributed by atoms with Gasteiger partial charge >= 0.3 is 6.18 Å². The van der Waals surface area contributed by atoms with Gasteiger partial charge in [0.2, 0.25) is 11.7 Å². The fourth-order valence-electron chi connectivity index (χ4n) is 3.63. The fraction of sp³-hybridized carbons (Fsp3) is 0.471. The summed E-state index contributed by atoms with van der Waals surface area (Å²) >= 11 is 1.40. The van der Waals surface area contributed by atoms with E-state index in [0.717, 1.165) is 16.7 Å². The first-order valence-corrected chi connectivity index (χ1v) is 9.82. The van der Waals surface area contributed by atoms with Gasteiger partial charge in [0.05, 0.1) is 6.54 Å². The summed E-state index contributed by atoms with van der Waals surface area (Å²) in [5.41, 5.74) is 7.40. The molecule has 0 radical (unpaired) electrons. The van der Waals surface area contributed by atoms with Gasteiger partial charge in [0.25, 0.3) is 0 Å². The summed E-state index contributed by atoms with van der Waals surface area (Å²) in [6, 6.07) is 1.60. The van der Waals surface area contributed by atoms with Crippen molar-refractivity contribution in [3.8, 4) is 0 Å². The van der Waals surface area contributed by atoms with Crippen LogP contribution in [-0.2, 0) is 29.8 Å². The van der Waals surface area contributed by atoms with Crippen molar-refractivity contribution in [1.82, 2.24) is 19.7 Å². The zero-order chi connectivity index (χ0) is 20.9. The number of carbonyl (C=O) groups is 1. The molecule has 0 saturated carbocycles. The molecule has 2 unspecified atom stereocenters. The number of alkyl halides is 3. The van der Waals surface area contributed by atoms with Gasteiger partial charge in [0.15, 0.2) is 17.5 Å².